The maximum Gasteiger partial charge on any atom is 0.457 e. The third-order valence-corrected chi connectivity index (χ3v) is 8.87. The van der Waals surface area contributed by atoms with E-state index in [0.29, 0.717) is 43.2 Å². The van der Waals surface area contributed by atoms with Crippen molar-refractivity contribution in [3.05, 3.63) is 52.7 Å². The van der Waals surface area contributed by atoms with E-state index in [1.807, 2.05) is 0 Å². The van der Waals surface area contributed by atoms with E-state index >= 15 is 0 Å². The number of aliphatic hydroxyl groups is 1. The minimum absolute atomic E-state index is 0.0526. The van der Waals surface area contributed by atoms with Crippen molar-refractivity contribution >= 4 is 29.2 Å². The molecule has 0 spiro atoms. The first kappa shape index (κ1) is 33.7. The van der Waals surface area contributed by atoms with E-state index < -0.39 is 29.2 Å². The zero-order valence-electron chi connectivity index (χ0n) is 24.7. The number of hydrogen-bond donors (Lipinski definition) is 1. The van der Waals surface area contributed by atoms with Gasteiger partial charge in [0, 0.05) is 45.8 Å². The van der Waals surface area contributed by atoms with E-state index in [4.69, 9.17) is 16.3 Å². The molecule has 1 atom stereocenters. The number of methoxy groups -OCH3 is 1. The second-order valence-corrected chi connectivity index (χ2v) is 12.0. The van der Waals surface area contributed by atoms with Crippen LogP contribution in [-0.2, 0) is 10.4 Å². The van der Waals surface area contributed by atoms with E-state index in [0.717, 1.165) is 42.4 Å². The zero-order valence-corrected chi connectivity index (χ0v) is 25.5. The minimum atomic E-state index is -6.18. The molecule has 2 aliphatic rings. The Hall–Kier alpha value is -3.19. The van der Waals surface area contributed by atoms with Crippen LogP contribution in [0.5, 0.6) is 5.75 Å². The Morgan fingerprint density at radius 3 is 2.11 bits per heavy atom. The van der Waals surface area contributed by atoms with Gasteiger partial charge < -0.3 is 24.5 Å². The maximum atomic E-state index is 14.9. The number of halogens is 6. The van der Waals surface area contributed by atoms with Crippen LogP contribution < -0.4 is 9.64 Å². The minimum Gasteiger partial charge on any atom is -0.497 e. The van der Waals surface area contributed by atoms with Crippen LogP contribution in [0.1, 0.15) is 48.0 Å². The van der Waals surface area contributed by atoms with Crippen LogP contribution in [0.3, 0.4) is 0 Å². The Labute approximate surface area is 257 Å². The average Bonchev–Trinajstić information content (AvgIpc) is 3.00. The predicted molar refractivity (Wildman–Crippen MR) is 154 cm³/mol. The third kappa shape index (κ3) is 6.58. The van der Waals surface area contributed by atoms with Crippen molar-refractivity contribution in [1.82, 2.24) is 14.8 Å². The van der Waals surface area contributed by atoms with Crippen molar-refractivity contribution in [1.29, 1.82) is 0 Å². The summed E-state index contributed by atoms with van der Waals surface area (Å²) < 4.78 is 75.3. The van der Waals surface area contributed by atoms with Gasteiger partial charge in [-0.25, -0.2) is 4.98 Å². The third-order valence-electron chi connectivity index (χ3n) is 8.58. The summed E-state index contributed by atoms with van der Waals surface area (Å²) in [4.78, 5) is 34.4. The Morgan fingerprint density at radius 1 is 1.00 bits per heavy atom. The number of rotatable bonds is 8. The number of amides is 2. The number of aromatic nitrogens is 1. The summed E-state index contributed by atoms with van der Waals surface area (Å²) >= 11 is 6.27. The van der Waals surface area contributed by atoms with Crippen molar-refractivity contribution in [3.8, 4) is 5.75 Å². The van der Waals surface area contributed by atoms with Gasteiger partial charge in [0.05, 0.1) is 12.7 Å². The van der Waals surface area contributed by atoms with Gasteiger partial charge in [-0.15, -0.1) is 0 Å². The standard InChI is InChI=1S/C30H36ClF5N4O4/c1-38(2)26(41)23-7-8-24(37-25(23)31)39-13-9-19(10-14-39)17-20-11-15-40(16-12-20)27(42)28(43,29(32,33)30(34,35)36)21-5-4-6-22(18-21)44-3/h4-8,18-20,43H,9-17H2,1-3H3. The van der Waals surface area contributed by atoms with Gasteiger partial charge in [0.1, 0.15) is 16.7 Å². The quantitative estimate of drug-likeness (QED) is 0.307. The molecule has 0 bridgehead atoms. The summed E-state index contributed by atoms with van der Waals surface area (Å²) in [7, 11) is 4.46. The summed E-state index contributed by atoms with van der Waals surface area (Å²) in [5.74, 6) is -6.58. The largest absolute Gasteiger partial charge is 0.497 e. The molecule has 3 heterocycles. The molecule has 14 heteroatoms. The molecule has 2 saturated heterocycles. The van der Waals surface area contributed by atoms with Gasteiger partial charge in [0.15, 0.2) is 0 Å². The normalized spacial score (nSPS) is 18.6. The van der Waals surface area contributed by atoms with Crippen LogP contribution in [0.2, 0.25) is 5.15 Å². The molecule has 2 amide bonds. The molecular formula is C30H36ClF5N4O4. The number of pyridine rings is 1. The van der Waals surface area contributed by atoms with E-state index in [1.165, 1.54) is 18.1 Å². The first-order valence-electron chi connectivity index (χ1n) is 14.3. The predicted octanol–water partition coefficient (Wildman–Crippen LogP) is 5.38. The van der Waals surface area contributed by atoms with Gasteiger partial charge in [-0.2, -0.15) is 22.0 Å². The number of piperidine rings is 2. The van der Waals surface area contributed by atoms with Crippen molar-refractivity contribution in [2.75, 3.05) is 52.3 Å². The lowest BCUT2D eigenvalue weighted by Gasteiger charge is -2.42. The smallest absolute Gasteiger partial charge is 0.457 e. The van der Waals surface area contributed by atoms with Crippen LogP contribution in [0.25, 0.3) is 0 Å². The number of nitrogens with zero attached hydrogens (tertiary/aromatic N) is 4. The number of anilines is 1. The fourth-order valence-corrected chi connectivity index (χ4v) is 6.19. The van der Waals surface area contributed by atoms with Gasteiger partial charge >= 0.3 is 12.1 Å². The second kappa shape index (κ2) is 13.0. The zero-order chi connectivity index (χ0) is 32.4. The van der Waals surface area contributed by atoms with Gasteiger partial charge in [-0.05, 0) is 68.2 Å². The second-order valence-electron chi connectivity index (χ2n) is 11.6. The fraction of sp³-hybridized carbons (Fsp3) is 0.567. The molecule has 4 rings (SSSR count). The topological polar surface area (TPSA) is 86.2 Å². The summed E-state index contributed by atoms with van der Waals surface area (Å²) in [5.41, 5.74) is -4.73. The van der Waals surface area contributed by atoms with E-state index in [9.17, 15) is 36.6 Å². The van der Waals surface area contributed by atoms with E-state index in [-0.39, 0.29) is 35.8 Å². The lowest BCUT2D eigenvalue weighted by atomic mass is 9.81. The van der Waals surface area contributed by atoms with Gasteiger partial charge in [0.25, 0.3) is 11.8 Å². The van der Waals surface area contributed by atoms with Crippen LogP contribution in [0, 0.1) is 11.8 Å². The Balaban J connectivity index is 1.36. The summed E-state index contributed by atoms with van der Waals surface area (Å²) in [6.07, 6.45) is -2.83. The molecule has 1 aromatic carbocycles. The van der Waals surface area contributed by atoms with E-state index in [2.05, 4.69) is 9.88 Å². The molecule has 1 N–H and O–H groups in total. The Kier molecular flexibility index (Phi) is 9.99. The SMILES string of the molecule is COc1cccc(C(O)(C(=O)N2CCC(CC3CCN(c4ccc(C(=O)N(C)C)c(Cl)n4)CC3)CC2)C(F)(F)C(F)(F)F)c1. The molecule has 0 radical (unpaired) electrons. The summed E-state index contributed by atoms with van der Waals surface area (Å²) in [5, 5.41) is 11.1. The Bertz CT molecular complexity index is 1340. The molecule has 0 saturated carbocycles. The van der Waals surface area contributed by atoms with Crippen LogP contribution in [-0.4, -0.2) is 91.2 Å². The Morgan fingerprint density at radius 2 is 1.59 bits per heavy atom. The van der Waals surface area contributed by atoms with Gasteiger partial charge in [-0.3, -0.25) is 9.59 Å². The van der Waals surface area contributed by atoms with Crippen molar-refractivity contribution in [2.24, 2.45) is 11.8 Å². The molecule has 1 aromatic heterocycles. The molecule has 1 unspecified atom stereocenters. The molecular weight excluding hydrogens is 611 g/mol. The lowest BCUT2D eigenvalue weighted by molar-refractivity contribution is -0.339. The number of carbonyl (C=O) groups is 2. The number of carbonyl (C=O) groups excluding carboxylic acids is 2. The molecule has 2 fully saturated rings. The first-order valence-corrected chi connectivity index (χ1v) is 14.7. The lowest BCUT2D eigenvalue weighted by Crippen LogP contribution is -2.63. The van der Waals surface area contributed by atoms with Crippen molar-refractivity contribution < 1.29 is 41.4 Å². The number of likely N-dealkylation sites (tertiary alicyclic amines) is 1. The molecule has 8 nitrogen and oxygen atoms in total. The number of benzene rings is 1. The highest BCUT2D eigenvalue weighted by Gasteiger charge is 2.74. The molecule has 2 aliphatic heterocycles. The molecule has 2 aromatic rings. The van der Waals surface area contributed by atoms with Gasteiger partial charge in [0.2, 0.25) is 5.60 Å². The summed E-state index contributed by atoms with van der Waals surface area (Å²) in [6.45, 7) is 1.32. The first-order chi connectivity index (χ1) is 20.6. The van der Waals surface area contributed by atoms with Crippen LogP contribution in [0.4, 0.5) is 27.8 Å². The molecule has 0 aliphatic carbocycles. The highest BCUT2D eigenvalue weighted by Crippen LogP contribution is 2.50. The van der Waals surface area contributed by atoms with E-state index in [1.54, 1.807) is 26.2 Å². The monoisotopic (exact) mass is 646 g/mol. The van der Waals surface area contributed by atoms with Crippen LogP contribution in [0.15, 0.2) is 36.4 Å². The highest BCUT2D eigenvalue weighted by molar-refractivity contribution is 6.32. The average molecular weight is 647 g/mol. The van der Waals surface area contributed by atoms with Crippen LogP contribution >= 0.6 is 11.6 Å². The maximum absolute atomic E-state index is 14.9. The van der Waals surface area contributed by atoms with Crippen molar-refractivity contribution in [2.45, 2.75) is 49.8 Å². The number of alkyl halides is 5. The molecule has 242 valence electrons. The summed E-state index contributed by atoms with van der Waals surface area (Å²) in [6, 6.07) is 7.56. The number of ether oxygens (including phenoxy) is 1. The fourth-order valence-electron chi connectivity index (χ4n) is 5.96. The number of hydrogen-bond acceptors (Lipinski definition) is 6. The van der Waals surface area contributed by atoms with Crippen molar-refractivity contribution in [3.63, 3.8) is 0 Å². The highest BCUT2D eigenvalue weighted by atomic mass is 35.5. The molecule has 44 heavy (non-hydrogen) atoms. The van der Waals surface area contributed by atoms with Gasteiger partial charge in [-0.1, -0.05) is 23.7 Å².